The van der Waals surface area contributed by atoms with E-state index in [9.17, 15) is 14.7 Å². The number of rotatable bonds is 6. The molecule has 1 aromatic carbocycles. The Hall–Kier alpha value is -2.08. The molecule has 6 heteroatoms. The van der Waals surface area contributed by atoms with Gasteiger partial charge in [-0.15, -0.1) is 0 Å². The van der Waals surface area contributed by atoms with Gasteiger partial charge in [-0.05, 0) is 37.7 Å². The molecule has 1 unspecified atom stereocenters. The first-order valence-corrected chi connectivity index (χ1v) is 8.03. The maximum absolute atomic E-state index is 12.0. The zero-order valence-corrected chi connectivity index (χ0v) is 13.1. The molecular formula is C17H24N2O4. The zero-order valence-electron chi connectivity index (χ0n) is 13.1. The highest BCUT2D eigenvalue weighted by atomic mass is 16.4. The SMILES string of the molecule is O=C(NC1CCC(C(=O)O)CC1)NC(CO)Cc1ccccc1. The predicted octanol–water partition coefficient (Wildman–Crippen LogP) is 1.53. The Kier molecular flexibility index (Phi) is 6.40. The Labute approximate surface area is 135 Å². The van der Waals surface area contributed by atoms with Gasteiger partial charge in [-0.1, -0.05) is 30.3 Å². The van der Waals surface area contributed by atoms with Crippen LogP contribution in [0.5, 0.6) is 0 Å². The zero-order chi connectivity index (χ0) is 16.7. The Bertz CT molecular complexity index is 513. The fourth-order valence-corrected chi connectivity index (χ4v) is 2.96. The van der Waals surface area contributed by atoms with E-state index in [4.69, 9.17) is 5.11 Å². The summed E-state index contributed by atoms with van der Waals surface area (Å²) in [6.45, 7) is -0.131. The lowest BCUT2D eigenvalue weighted by atomic mass is 9.86. The summed E-state index contributed by atoms with van der Waals surface area (Å²) in [6.07, 6.45) is 3.09. The van der Waals surface area contributed by atoms with Crippen molar-refractivity contribution in [2.75, 3.05) is 6.61 Å². The maximum atomic E-state index is 12.0. The molecule has 1 saturated carbocycles. The second-order valence-electron chi connectivity index (χ2n) is 6.07. The first kappa shape index (κ1) is 17.3. The van der Waals surface area contributed by atoms with Crippen molar-refractivity contribution in [1.29, 1.82) is 0 Å². The van der Waals surface area contributed by atoms with E-state index in [1.165, 1.54) is 0 Å². The second kappa shape index (κ2) is 8.53. The first-order chi connectivity index (χ1) is 11.1. The molecule has 23 heavy (non-hydrogen) atoms. The van der Waals surface area contributed by atoms with Crippen molar-refractivity contribution in [3.05, 3.63) is 35.9 Å². The predicted molar refractivity (Wildman–Crippen MR) is 86.1 cm³/mol. The van der Waals surface area contributed by atoms with Crippen LogP contribution in [-0.2, 0) is 11.2 Å². The second-order valence-corrected chi connectivity index (χ2v) is 6.07. The van der Waals surface area contributed by atoms with Crippen LogP contribution in [0.3, 0.4) is 0 Å². The summed E-state index contributed by atoms with van der Waals surface area (Å²) in [5, 5.41) is 24.1. The van der Waals surface area contributed by atoms with Crippen LogP contribution in [-0.4, -0.2) is 40.9 Å². The molecule has 1 aromatic rings. The third-order valence-electron chi connectivity index (χ3n) is 4.29. The molecule has 1 fully saturated rings. The molecule has 1 atom stereocenters. The molecule has 0 aliphatic heterocycles. The molecule has 0 bridgehead atoms. The fraction of sp³-hybridized carbons (Fsp3) is 0.529. The number of hydrogen-bond donors (Lipinski definition) is 4. The number of hydrogen-bond acceptors (Lipinski definition) is 3. The van der Waals surface area contributed by atoms with Gasteiger partial charge in [0.05, 0.1) is 18.6 Å². The minimum Gasteiger partial charge on any atom is -0.481 e. The van der Waals surface area contributed by atoms with Gasteiger partial charge in [-0.3, -0.25) is 4.79 Å². The largest absolute Gasteiger partial charge is 0.481 e. The molecule has 1 aliphatic carbocycles. The van der Waals surface area contributed by atoms with E-state index < -0.39 is 5.97 Å². The third kappa shape index (κ3) is 5.56. The normalized spacial score (nSPS) is 22.1. The number of carboxylic acids is 1. The van der Waals surface area contributed by atoms with Gasteiger partial charge in [0.25, 0.3) is 0 Å². The maximum Gasteiger partial charge on any atom is 0.315 e. The number of benzene rings is 1. The van der Waals surface area contributed by atoms with E-state index in [0.717, 1.165) is 5.56 Å². The number of aliphatic carboxylic acids is 1. The summed E-state index contributed by atoms with van der Waals surface area (Å²) in [7, 11) is 0. The van der Waals surface area contributed by atoms with Gasteiger partial charge in [0.2, 0.25) is 0 Å². The number of aliphatic hydroxyl groups is 1. The van der Waals surface area contributed by atoms with E-state index in [-0.39, 0.29) is 30.6 Å². The van der Waals surface area contributed by atoms with Crippen LogP contribution in [0.15, 0.2) is 30.3 Å². The van der Waals surface area contributed by atoms with Crippen LogP contribution in [0.2, 0.25) is 0 Å². The summed E-state index contributed by atoms with van der Waals surface area (Å²) in [5.74, 6) is -1.05. The lowest BCUT2D eigenvalue weighted by Gasteiger charge is -2.27. The van der Waals surface area contributed by atoms with Crippen molar-refractivity contribution in [2.45, 2.75) is 44.2 Å². The van der Waals surface area contributed by atoms with Crippen LogP contribution >= 0.6 is 0 Å². The van der Waals surface area contributed by atoms with Crippen molar-refractivity contribution >= 4 is 12.0 Å². The van der Waals surface area contributed by atoms with Crippen molar-refractivity contribution < 1.29 is 19.8 Å². The van der Waals surface area contributed by atoms with Crippen LogP contribution < -0.4 is 10.6 Å². The van der Waals surface area contributed by atoms with Crippen LogP contribution in [0.1, 0.15) is 31.2 Å². The van der Waals surface area contributed by atoms with Crippen molar-refractivity contribution in [3.63, 3.8) is 0 Å². The fourth-order valence-electron chi connectivity index (χ4n) is 2.96. The quantitative estimate of drug-likeness (QED) is 0.639. The van der Waals surface area contributed by atoms with Gasteiger partial charge in [-0.2, -0.15) is 0 Å². The third-order valence-corrected chi connectivity index (χ3v) is 4.29. The summed E-state index contributed by atoms with van der Waals surface area (Å²) >= 11 is 0. The Morgan fingerprint density at radius 1 is 1.13 bits per heavy atom. The average Bonchev–Trinajstić information content (AvgIpc) is 2.55. The number of amides is 2. The monoisotopic (exact) mass is 320 g/mol. The van der Waals surface area contributed by atoms with Crippen LogP contribution in [0, 0.1) is 5.92 Å². The van der Waals surface area contributed by atoms with Gasteiger partial charge >= 0.3 is 12.0 Å². The van der Waals surface area contributed by atoms with E-state index in [0.29, 0.717) is 32.1 Å². The molecule has 126 valence electrons. The number of carbonyl (C=O) groups is 2. The molecule has 0 radical (unpaired) electrons. The Morgan fingerprint density at radius 3 is 2.35 bits per heavy atom. The Morgan fingerprint density at radius 2 is 1.78 bits per heavy atom. The highest BCUT2D eigenvalue weighted by molar-refractivity contribution is 5.74. The summed E-state index contributed by atoms with van der Waals surface area (Å²) < 4.78 is 0. The van der Waals surface area contributed by atoms with E-state index in [2.05, 4.69) is 10.6 Å². The van der Waals surface area contributed by atoms with Gasteiger partial charge in [0.15, 0.2) is 0 Å². The van der Waals surface area contributed by atoms with Crippen molar-refractivity contribution in [3.8, 4) is 0 Å². The molecule has 4 N–H and O–H groups in total. The molecule has 0 heterocycles. The molecule has 2 rings (SSSR count). The van der Waals surface area contributed by atoms with Crippen molar-refractivity contribution in [2.24, 2.45) is 5.92 Å². The lowest BCUT2D eigenvalue weighted by Crippen LogP contribution is -2.49. The molecule has 0 aromatic heterocycles. The molecule has 1 aliphatic rings. The number of aliphatic hydroxyl groups excluding tert-OH is 1. The molecule has 0 spiro atoms. The van der Waals surface area contributed by atoms with E-state index >= 15 is 0 Å². The van der Waals surface area contributed by atoms with E-state index in [1.54, 1.807) is 0 Å². The first-order valence-electron chi connectivity index (χ1n) is 8.03. The highest BCUT2D eigenvalue weighted by Crippen LogP contribution is 2.24. The minimum absolute atomic E-state index is 0.00154. The van der Waals surface area contributed by atoms with Crippen LogP contribution in [0.25, 0.3) is 0 Å². The van der Waals surface area contributed by atoms with Crippen molar-refractivity contribution in [1.82, 2.24) is 10.6 Å². The minimum atomic E-state index is -0.754. The number of nitrogens with one attached hydrogen (secondary N) is 2. The standard InChI is InChI=1S/C17H24N2O4/c20-11-15(10-12-4-2-1-3-5-12)19-17(23)18-14-8-6-13(7-9-14)16(21)22/h1-5,13-15,20H,6-11H2,(H,21,22)(H2,18,19,23). The van der Waals surface area contributed by atoms with Gasteiger partial charge in [0.1, 0.15) is 0 Å². The Balaban J connectivity index is 1.76. The lowest BCUT2D eigenvalue weighted by molar-refractivity contribution is -0.142. The highest BCUT2D eigenvalue weighted by Gasteiger charge is 2.27. The smallest absolute Gasteiger partial charge is 0.315 e. The molecule has 6 nitrogen and oxygen atoms in total. The number of carboxylic acid groups (broad SMARTS) is 1. The average molecular weight is 320 g/mol. The summed E-state index contributed by atoms with van der Waals surface area (Å²) in [4.78, 5) is 23.0. The summed E-state index contributed by atoms with van der Waals surface area (Å²) in [6, 6.07) is 9.03. The molecule has 2 amide bonds. The van der Waals surface area contributed by atoms with Gasteiger partial charge in [0, 0.05) is 6.04 Å². The van der Waals surface area contributed by atoms with Crippen LogP contribution in [0.4, 0.5) is 4.79 Å². The topological polar surface area (TPSA) is 98.7 Å². The summed E-state index contributed by atoms with van der Waals surface area (Å²) in [5.41, 5.74) is 1.05. The molecular weight excluding hydrogens is 296 g/mol. The van der Waals surface area contributed by atoms with Gasteiger partial charge < -0.3 is 20.8 Å². The molecule has 0 saturated heterocycles. The number of urea groups is 1. The van der Waals surface area contributed by atoms with E-state index in [1.807, 2.05) is 30.3 Å². The number of carbonyl (C=O) groups excluding carboxylic acids is 1. The van der Waals surface area contributed by atoms with Gasteiger partial charge in [-0.25, -0.2) is 4.79 Å².